The van der Waals surface area contributed by atoms with Gasteiger partial charge in [-0.1, -0.05) is 30.5 Å². The van der Waals surface area contributed by atoms with Crippen molar-refractivity contribution in [3.63, 3.8) is 0 Å². The SMILES string of the molecule is C#C[C@]1(O)CC[C@@H]2[C@@H]3CCC4=Cc5oncc5C[C@]4(C)[C@H]3CC[C@]21C. The molecule has 0 aliphatic heterocycles. The molecule has 0 spiro atoms. The van der Waals surface area contributed by atoms with Gasteiger partial charge in [0.2, 0.25) is 0 Å². The predicted octanol–water partition coefficient (Wildman–Crippen LogP) is 4.22. The summed E-state index contributed by atoms with van der Waals surface area (Å²) in [7, 11) is 0. The molecule has 132 valence electrons. The second-order valence-electron chi connectivity index (χ2n) is 9.39. The van der Waals surface area contributed by atoms with Gasteiger partial charge in [0.05, 0.1) is 6.20 Å². The Kier molecular flexibility index (Phi) is 3.01. The first-order chi connectivity index (χ1) is 11.9. The van der Waals surface area contributed by atoms with Crippen LogP contribution in [0, 0.1) is 40.9 Å². The average Bonchev–Trinajstić information content (AvgIpc) is 3.14. The van der Waals surface area contributed by atoms with Crippen molar-refractivity contribution in [3.05, 3.63) is 23.1 Å². The van der Waals surface area contributed by atoms with Crippen LogP contribution in [-0.2, 0) is 6.42 Å². The van der Waals surface area contributed by atoms with Gasteiger partial charge in [0.25, 0.3) is 0 Å². The molecule has 4 aliphatic rings. The van der Waals surface area contributed by atoms with Gasteiger partial charge in [-0.05, 0) is 74.2 Å². The van der Waals surface area contributed by atoms with Crippen LogP contribution in [0.15, 0.2) is 16.3 Å². The zero-order chi connectivity index (χ0) is 17.4. The van der Waals surface area contributed by atoms with Crippen LogP contribution in [0.5, 0.6) is 0 Å². The lowest BCUT2D eigenvalue weighted by Gasteiger charge is -2.58. The molecule has 1 heterocycles. The molecule has 3 fully saturated rings. The summed E-state index contributed by atoms with van der Waals surface area (Å²) in [5, 5.41) is 15.1. The van der Waals surface area contributed by atoms with E-state index < -0.39 is 5.60 Å². The molecule has 0 amide bonds. The van der Waals surface area contributed by atoms with Crippen LogP contribution >= 0.6 is 0 Å². The first-order valence-corrected chi connectivity index (χ1v) is 9.76. The van der Waals surface area contributed by atoms with E-state index in [4.69, 9.17) is 10.9 Å². The highest BCUT2D eigenvalue weighted by Gasteiger charge is 2.63. The number of terminal acetylenes is 1. The summed E-state index contributed by atoms with van der Waals surface area (Å²) in [5.41, 5.74) is 1.99. The maximum Gasteiger partial charge on any atom is 0.162 e. The average molecular weight is 337 g/mol. The molecule has 4 aliphatic carbocycles. The molecule has 5 rings (SSSR count). The molecular formula is C22H27NO2. The Bertz CT molecular complexity index is 801. The minimum absolute atomic E-state index is 0.114. The Hall–Kier alpha value is -1.53. The number of hydrogen-bond donors (Lipinski definition) is 1. The third kappa shape index (κ3) is 1.79. The fourth-order valence-corrected chi connectivity index (χ4v) is 7.14. The van der Waals surface area contributed by atoms with E-state index in [9.17, 15) is 5.11 Å². The summed E-state index contributed by atoms with van der Waals surface area (Å²) >= 11 is 0. The van der Waals surface area contributed by atoms with Crippen molar-refractivity contribution >= 4 is 6.08 Å². The Morgan fingerprint density at radius 3 is 2.84 bits per heavy atom. The molecular weight excluding hydrogens is 310 g/mol. The summed E-state index contributed by atoms with van der Waals surface area (Å²) in [5.74, 6) is 5.64. The number of allylic oxidation sites excluding steroid dienone is 1. The van der Waals surface area contributed by atoms with E-state index in [0.717, 1.165) is 44.3 Å². The molecule has 6 atom stereocenters. The maximum absolute atomic E-state index is 11.1. The molecule has 0 aromatic carbocycles. The maximum atomic E-state index is 11.1. The van der Waals surface area contributed by atoms with Crippen LogP contribution in [0.2, 0.25) is 0 Å². The lowest BCUT2D eigenvalue weighted by Crippen LogP contribution is -2.54. The van der Waals surface area contributed by atoms with Crippen molar-refractivity contribution < 1.29 is 9.63 Å². The number of rotatable bonds is 0. The number of aromatic nitrogens is 1. The first kappa shape index (κ1) is 15.7. The second kappa shape index (κ2) is 4.80. The smallest absolute Gasteiger partial charge is 0.162 e. The highest BCUT2D eigenvalue weighted by Crippen LogP contribution is 2.67. The van der Waals surface area contributed by atoms with Crippen molar-refractivity contribution in [3.8, 4) is 12.3 Å². The van der Waals surface area contributed by atoms with Crippen LogP contribution in [-0.4, -0.2) is 15.9 Å². The highest BCUT2D eigenvalue weighted by atomic mass is 16.5. The molecule has 1 N–H and O–H groups in total. The van der Waals surface area contributed by atoms with E-state index >= 15 is 0 Å². The van der Waals surface area contributed by atoms with Crippen molar-refractivity contribution in [2.45, 2.75) is 64.4 Å². The first-order valence-electron chi connectivity index (χ1n) is 9.76. The normalized spacial score (nSPS) is 47.8. The number of nitrogens with zero attached hydrogens (tertiary/aromatic N) is 1. The Balaban J connectivity index is 1.53. The van der Waals surface area contributed by atoms with Gasteiger partial charge in [-0.3, -0.25) is 0 Å². The summed E-state index contributed by atoms with van der Waals surface area (Å²) in [4.78, 5) is 0. The molecule has 0 unspecified atom stereocenters. The minimum Gasteiger partial charge on any atom is -0.377 e. The molecule has 0 radical (unpaired) electrons. The molecule has 0 saturated heterocycles. The molecule has 1 aromatic rings. The van der Waals surface area contributed by atoms with E-state index in [1.54, 1.807) is 5.57 Å². The molecule has 25 heavy (non-hydrogen) atoms. The summed E-state index contributed by atoms with van der Waals surface area (Å²) in [6.07, 6.45) is 17.4. The fraction of sp³-hybridized carbons (Fsp3) is 0.682. The van der Waals surface area contributed by atoms with E-state index in [1.165, 1.54) is 12.0 Å². The highest BCUT2D eigenvalue weighted by molar-refractivity contribution is 5.57. The van der Waals surface area contributed by atoms with Crippen LogP contribution in [0.25, 0.3) is 6.08 Å². The second-order valence-corrected chi connectivity index (χ2v) is 9.39. The largest absolute Gasteiger partial charge is 0.377 e. The van der Waals surface area contributed by atoms with E-state index in [-0.39, 0.29) is 10.8 Å². The molecule has 3 nitrogen and oxygen atoms in total. The molecule has 3 saturated carbocycles. The van der Waals surface area contributed by atoms with E-state index in [0.29, 0.717) is 17.8 Å². The minimum atomic E-state index is -0.909. The van der Waals surface area contributed by atoms with Gasteiger partial charge in [0.15, 0.2) is 5.76 Å². The van der Waals surface area contributed by atoms with Crippen LogP contribution in [0.3, 0.4) is 0 Å². The van der Waals surface area contributed by atoms with Gasteiger partial charge in [-0.15, -0.1) is 6.42 Å². The standard InChI is InChI=1S/C22H27NO2/c1-4-22(24)10-8-18-16-6-5-15-11-19-14(13-23-25-19)12-20(15,2)17(16)7-9-21(18,22)3/h1,11,13,16-18,24H,5-10,12H2,2-3H3/t16-,17+,18-,20+,21-,22+/m1/s1. The molecule has 0 bridgehead atoms. The van der Waals surface area contributed by atoms with Gasteiger partial charge < -0.3 is 9.63 Å². The quantitative estimate of drug-likeness (QED) is 0.721. The number of fused-ring (bicyclic) bond motifs is 6. The molecule has 3 heteroatoms. The van der Waals surface area contributed by atoms with Gasteiger partial charge in [-0.2, -0.15) is 0 Å². The Morgan fingerprint density at radius 2 is 2.04 bits per heavy atom. The van der Waals surface area contributed by atoms with Gasteiger partial charge in [0, 0.05) is 11.0 Å². The van der Waals surface area contributed by atoms with Gasteiger partial charge in [-0.25, -0.2) is 0 Å². The Morgan fingerprint density at radius 1 is 1.24 bits per heavy atom. The van der Waals surface area contributed by atoms with Crippen molar-refractivity contribution in [2.75, 3.05) is 0 Å². The summed E-state index contributed by atoms with van der Waals surface area (Å²) in [6.45, 7) is 4.71. The topological polar surface area (TPSA) is 46.3 Å². The van der Waals surface area contributed by atoms with Crippen molar-refractivity contribution in [1.29, 1.82) is 0 Å². The van der Waals surface area contributed by atoms with Crippen LogP contribution < -0.4 is 0 Å². The number of hydrogen-bond acceptors (Lipinski definition) is 3. The number of aliphatic hydroxyl groups is 1. The third-order valence-electron chi connectivity index (χ3n) is 8.67. The summed E-state index contributed by atoms with van der Waals surface area (Å²) in [6, 6.07) is 0. The monoisotopic (exact) mass is 337 g/mol. The van der Waals surface area contributed by atoms with E-state index in [1.807, 2.05) is 6.20 Å². The van der Waals surface area contributed by atoms with Crippen LogP contribution in [0.4, 0.5) is 0 Å². The van der Waals surface area contributed by atoms with Crippen molar-refractivity contribution in [2.24, 2.45) is 28.6 Å². The van der Waals surface area contributed by atoms with E-state index in [2.05, 4.69) is 31.0 Å². The van der Waals surface area contributed by atoms with Gasteiger partial charge in [0.1, 0.15) is 5.60 Å². The lowest BCUT2D eigenvalue weighted by atomic mass is 9.46. The fourth-order valence-electron chi connectivity index (χ4n) is 7.14. The Labute approximate surface area is 149 Å². The lowest BCUT2D eigenvalue weighted by molar-refractivity contribution is -0.0975. The van der Waals surface area contributed by atoms with Crippen molar-refractivity contribution in [1.82, 2.24) is 5.16 Å². The zero-order valence-electron chi connectivity index (χ0n) is 15.2. The summed E-state index contributed by atoms with van der Waals surface area (Å²) < 4.78 is 5.43. The molecule has 1 aromatic heterocycles. The van der Waals surface area contributed by atoms with Crippen LogP contribution in [0.1, 0.15) is 63.7 Å². The zero-order valence-corrected chi connectivity index (χ0v) is 15.2. The predicted molar refractivity (Wildman–Crippen MR) is 96.4 cm³/mol. The third-order valence-corrected chi connectivity index (χ3v) is 8.67. The van der Waals surface area contributed by atoms with Gasteiger partial charge >= 0.3 is 0 Å².